The van der Waals surface area contributed by atoms with Gasteiger partial charge in [0, 0.05) is 31.3 Å². The number of amides is 1. The van der Waals surface area contributed by atoms with E-state index >= 15 is 0 Å². The number of ether oxygens (including phenoxy) is 1. The lowest BCUT2D eigenvalue weighted by Gasteiger charge is -2.18. The number of methoxy groups -OCH3 is 1. The molecule has 3 aromatic rings. The predicted octanol–water partition coefficient (Wildman–Crippen LogP) is 3.93. The van der Waals surface area contributed by atoms with E-state index in [9.17, 15) is 4.79 Å². The maximum Gasteiger partial charge on any atom is 0.221 e. The summed E-state index contributed by atoms with van der Waals surface area (Å²) in [6, 6.07) is 21.8. The number of hydrogen-bond donors (Lipinski definition) is 1. The van der Waals surface area contributed by atoms with E-state index < -0.39 is 0 Å². The molecule has 0 saturated carbocycles. The van der Waals surface area contributed by atoms with Gasteiger partial charge in [0.2, 0.25) is 5.91 Å². The van der Waals surface area contributed by atoms with Gasteiger partial charge in [-0.1, -0.05) is 48.5 Å². The summed E-state index contributed by atoms with van der Waals surface area (Å²) in [6.07, 6.45) is 3.87. The molecule has 132 valence electrons. The highest BCUT2D eigenvalue weighted by Crippen LogP contribution is 2.29. The van der Waals surface area contributed by atoms with Crippen molar-refractivity contribution in [2.75, 3.05) is 7.11 Å². The zero-order valence-electron chi connectivity index (χ0n) is 14.8. The molecule has 4 nitrogen and oxygen atoms in total. The second-order valence-electron chi connectivity index (χ2n) is 6.08. The van der Waals surface area contributed by atoms with Gasteiger partial charge in [-0.15, -0.1) is 0 Å². The van der Waals surface area contributed by atoms with Crippen LogP contribution >= 0.6 is 0 Å². The van der Waals surface area contributed by atoms with Crippen molar-refractivity contribution >= 4 is 5.91 Å². The number of pyridine rings is 1. The molecule has 0 fully saturated rings. The molecule has 26 heavy (non-hydrogen) atoms. The van der Waals surface area contributed by atoms with Gasteiger partial charge in [0.05, 0.1) is 7.11 Å². The van der Waals surface area contributed by atoms with Crippen LogP contribution in [0.4, 0.5) is 0 Å². The highest BCUT2D eigenvalue weighted by molar-refractivity contribution is 5.77. The highest BCUT2D eigenvalue weighted by atomic mass is 16.5. The van der Waals surface area contributed by atoms with Gasteiger partial charge in [0.1, 0.15) is 5.75 Å². The minimum atomic E-state index is -0.00370. The molecule has 1 atom stereocenters. The Hall–Kier alpha value is -3.14. The molecule has 0 aliphatic heterocycles. The third-order valence-corrected chi connectivity index (χ3v) is 4.32. The highest BCUT2D eigenvalue weighted by Gasteiger charge is 2.18. The Morgan fingerprint density at radius 2 is 1.73 bits per heavy atom. The Morgan fingerprint density at radius 1 is 1.00 bits per heavy atom. The lowest BCUT2D eigenvalue weighted by Crippen LogP contribution is -2.25. The minimum absolute atomic E-state index is 0.00370. The first-order chi connectivity index (χ1) is 12.8. The summed E-state index contributed by atoms with van der Waals surface area (Å²) in [7, 11) is 1.65. The molecule has 2 aromatic carbocycles. The number of benzene rings is 2. The lowest BCUT2D eigenvalue weighted by molar-refractivity contribution is -0.121. The van der Waals surface area contributed by atoms with Crippen molar-refractivity contribution < 1.29 is 9.53 Å². The number of nitrogens with zero attached hydrogens (tertiary/aromatic N) is 1. The van der Waals surface area contributed by atoms with Gasteiger partial charge in [-0.05, 0) is 34.9 Å². The first-order valence-electron chi connectivity index (χ1n) is 8.61. The fourth-order valence-corrected chi connectivity index (χ4v) is 2.91. The lowest BCUT2D eigenvalue weighted by atomic mass is 9.88. The van der Waals surface area contributed by atoms with Crippen LogP contribution in [0.2, 0.25) is 0 Å². The molecule has 1 aromatic heterocycles. The second kappa shape index (κ2) is 8.81. The van der Waals surface area contributed by atoms with Crippen LogP contribution in [-0.4, -0.2) is 18.0 Å². The topological polar surface area (TPSA) is 51.2 Å². The van der Waals surface area contributed by atoms with Crippen molar-refractivity contribution in [3.63, 3.8) is 0 Å². The van der Waals surface area contributed by atoms with Crippen molar-refractivity contribution in [1.29, 1.82) is 0 Å². The molecule has 0 saturated heterocycles. The molecular formula is C22H22N2O2. The van der Waals surface area contributed by atoms with Gasteiger partial charge in [-0.2, -0.15) is 0 Å². The van der Waals surface area contributed by atoms with E-state index in [1.165, 1.54) is 0 Å². The largest absolute Gasteiger partial charge is 0.497 e. The van der Waals surface area contributed by atoms with Crippen LogP contribution in [-0.2, 0) is 11.3 Å². The monoisotopic (exact) mass is 346 g/mol. The number of rotatable bonds is 7. The van der Waals surface area contributed by atoms with Crippen LogP contribution in [0.5, 0.6) is 5.75 Å². The van der Waals surface area contributed by atoms with Crippen molar-refractivity contribution in [1.82, 2.24) is 10.3 Å². The van der Waals surface area contributed by atoms with Crippen LogP contribution in [0.3, 0.4) is 0 Å². The standard InChI is InChI=1S/C22H22N2O2/c1-26-20-11-9-19(10-12-20)21(18-7-3-2-4-8-18)14-22(25)24-16-17-6-5-13-23-15-17/h2-13,15,21H,14,16H2,1H3,(H,24,25). The first kappa shape index (κ1) is 17.7. The van der Waals surface area contributed by atoms with E-state index in [1.54, 1.807) is 19.5 Å². The Morgan fingerprint density at radius 3 is 2.38 bits per heavy atom. The van der Waals surface area contributed by atoms with E-state index in [0.29, 0.717) is 13.0 Å². The molecule has 0 spiro atoms. The third-order valence-electron chi connectivity index (χ3n) is 4.32. The molecule has 0 bridgehead atoms. The van der Waals surface area contributed by atoms with Crippen molar-refractivity contribution in [3.8, 4) is 5.75 Å². The predicted molar refractivity (Wildman–Crippen MR) is 102 cm³/mol. The molecule has 1 N–H and O–H groups in total. The van der Waals surface area contributed by atoms with E-state index in [1.807, 2.05) is 54.6 Å². The summed E-state index contributed by atoms with van der Waals surface area (Å²) in [5.41, 5.74) is 3.20. The SMILES string of the molecule is COc1ccc(C(CC(=O)NCc2cccnc2)c2ccccc2)cc1. The summed E-state index contributed by atoms with van der Waals surface area (Å²) in [4.78, 5) is 16.6. The van der Waals surface area contributed by atoms with Gasteiger partial charge < -0.3 is 10.1 Å². The molecular weight excluding hydrogens is 324 g/mol. The number of carbonyl (C=O) groups is 1. The van der Waals surface area contributed by atoms with Crippen LogP contribution in [0, 0.1) is 0 Å². The van der Waals surface area contributed by atoms with Crippen LogP contribution in [0.25, 0.3) is 0 Å². The third kappa shape index (κ3) is 4.70. The van der Waals surface area contributed by atoms with Gasteiger partial charge in [-0.25, -0.2) is 0 Å². The van der Waals surface area contributed by atoms with Crippen molar-refractivity contribution in [2.24, 2.45) is 0 Å². The molecule has 0 aliphatic carbocycles. The zero-order chi connectivity index (χ0) is 18.2. The van der Waals surface area contributed by atoms with E-state index in [4.69, 9.17) is 4.74 Å². The number of carbonyl (C=O) groups excluding carboxylic acids is 1. The fraction of sp³-hybridized carbons (Fsp3) is 0.182. The molecule has 4 heteroatoms. The molecule has 3 rings (SSSR count). The summed E-state index contributed by atoms with van der Waals surface area (Å²) in [5, 5.41) is 2.99. The number of nitrogens with one attached hydrogen (secondary N) is 1. The molecule has 0 aliphatic rings. The second-order valence-corrected chi connectivity index (χ2v) is 6.08. The molecule has 1 amide bonds. The first-order valence-corrected chi connectivity index (χ1v) is 8.61. The van der Waals surface area contributed by atoms with Gasteiger partial charge in [-0.3, -0.25) is 9.78 Å². The van der Waals surface area contributed by atoms with E-state index in [2.05, 4.69) is 22.4 Å². The smallest absolute Gasteiger partial charge is 0.221 e. The fourth-order valence-electron chi connectivity index (χ4n) is 2.91. The Labute approximate surface area is 153 Å². The average Bonchev–Trinajstić information content (AvgIpc) is 2.72. The van der Waals surface area contributed by atoms with E-state index in [-0.39, 0.29) is 11.8 Å². The van der Waals surface area contributed by atoms with Crippen LogP contribution in [0.1, 0.15) is 29.0 Å². The molecule has 1 heterocycles. The quantitative estimate of drug-likeness (QED) is 0.705. The van der Waals surface area contributed by atoms with E-state index in [0.717, 1.165) is 22.4 Å². The summed E-state index contributed by atoms with van der Waals surface area (Å²) in [5.74, 6) is 0.816. The minimum Gasteiger partial charge on any atom is -0.497 e. The van der Waals surface area contributed by atoms with Crippen molar-refractivity contribution in [2.45, 2.75) is 18.9 Å². The Bertz CT molecular complexity index is 818. The van der Waals surface area contributed by atoms with Crippen LogP contribution < -0.4 is 10.1 Å². The summed E-state index contributed by atoms with van der Waals surface area (Å²) < 4.78 is 5.24. The number of hydrogen-bond acceptors (Lipinski definition) is 3. The van der Waals surface area contributed by atoms with Crippen molar-refractivity contribution in [3.05, 3.63) is 95.8 Å². The average molecular weight is 346 g/mol. The summed E-state index contributed by atoms with van der Waals surface area (Å²) >= 11 is 0. The maximum atomic E-state index is 12.5. The van der Waals surface area contributed by atoms with Crippen LogP contribution in [0.15, 0.2) is 79.1 Å². The molecule has 1 unspecified atom stereocenters. The van der Waals surface area contributed by atoms with Gasteiger partial charge >= 0.3 is 0 Å². The summed E-state index contributed by atoms with van der Waals surface area (Å²) in [6.45, 7) is 0.483. The van der Waals surface area contributed by atoms with Gasteiger partial charge in [0.15, 0.2) is 0 Å². The normalized spacial score (nSPS) is 11.6. The maximum absolute atomic E-state index is 12.5. The Kier molecular flexibility index (Phi) is 5.99. The number of aromatic nitrogens is 1. The molecule has 0 radical (unpaired) electrons. The van der Waals surface area contributed by atoms with Gasteiger partial charge in [0.25, 0.3) is 0 Å². The zero-order valence-corrected chi connectivity index (χ0v) is 14.8. The Balaban J connectivity index is 1.74.